The lowest BCUT2D eigenvalue weighted by atomic mass is 9.75. The van der Waals surface area contributed by atoms with E-state index in [0.29, 0.717) is 53.3 Å². The van der Waals surface area contributed by atoms with E-state index in [1.54, 1.807) is 35.2 Å². The number of carbonyl (C=O) groups excluding carboxylic acids is 2. The molecule has 2 aliphatic heterocycles. The number of nitrogens with zero attached hydrogens (tertiary/aromatic N) is 1. The first-order valence-electron chi connectivity index (χ1n) is 10.3. The molecule has 5 rings (SSSR count). The molecule has 0 unspecified atom stereocenters. The van der Waals surface area contributed by atoms with E-state index in [2.05, 4.69) is 0 Å². The molecule has 2 heterocycles. The van der Waals surface area contributed by atoms with Gasteiger partial charge in [-0.2, -0.15) is 0 Å². The zero-order chi connectivity index (χ0) is 22.4. The Morgan fingerprint density at radius 2 is 1.88 bits per heavy atom. The molecular weight excluding hydrogens is 415 g/mol. The highest BCUT2D eigenvalue weighted by atomic mass is 19.1. The van der Waals surface area contributed by atoms with Gasteiger partial charge in [0.25, 0.3) is 0 Å². The number of Topliss-reactive ketones (excluding diaryl/α,β-unsaturated/α-hetero) is 1. The maximum atomic E-state index is 13.6. The summed E-state index contributed by atoms with van der Waals surface area (Å²) in [5, 5.41) is 0. The van der Waals surface area contributed by atoms with Gasteiger partial charge < -0.3 is 19.9 Å². The molecule has 1 aliphatic carbocycles. The van der Waals surface area contributed by atoms with Gasteiger partial charge in [0.2, 0.25) is 6.79 Å². The number of carbonyl (C=O) groups is 2. The molecule has 7 nitrogen and oxygen atoms in total. The van der Waals surface area contributed by atoms with Crippen LogP contribution < -0.4 is 20.1 Å². The number of nitrogens with two attached hydrogens (primary N) is 1. The Labute approximate surface area is 183 Å². The number of allylic oxidation sites excluding steroid dienone is 2. The molecule has 0 saturated heterocycles. The molecule has 0 saturated carbocycles. The van der Waals surface area contributed by atoms with Crippen molar-refractivity contribution in [1.29, 1.82) is 0 Å². The fourth-order valence-electron chi connectivity index (χ4n) is 4.61. The molecule has 0 bridgehead atoms. The van der Waals surface area contributed by atoms with Crippen LogP contribution in [0.3, 0.4) is 0 Å². The Bertz CT molecular complexity index is 1190. The maximum Gasteiger partial charge on any atom is 0.338 e. The molecule has 0 radical (unpaired) electrons. The van der Waals surface area contributed by atoms with Crippen LogP contribution in [-0.4, -0.2) is 25.7 Å². The number of benzene rings is 2. The minimum Gasteiger partial charge on any atom is -0.466 e. The van der Waals surface area contributed by atoms with Crippen LogP contribution in [0.2, 0.25) is 0 Å². The summed E-state index contributed by atoms with van der Waals surface area (Å²) in [5.41, 5.74) is 9.18. The second-order valence-corrected chi connectivity index (χ2v) is 7.79. The average molecular weight is 436 g/mol. The summed E-state index contributed by atoms with van der Waals surface area (Å²) in [5.74, 6) is -0.517. The van der Waals surface area contributed by atoms with Crippen LogP contribution in [0, 0.1) is 5.82 Å². The average Bonchev–Trinajstić information content (AvgIpc) is 3.27. The SMILES string of the molecule is COC(=O)C1=C(N)N(c2ccc(F)cc2)C2=C(C(=O)CCC2)[C@H]1c1ccc2c(c1)OCO2. The van der Waals surface area contributed by atoms with E-state index in [4.69, 9.17) is 19.9 Å². The van der Waals surface area contributed by atoms with Gasteiger partial charge in [0, 0.05) is 23.4 Å². The number of halogens is 1. The first kappa shape index (κ1) is 20.1. The van der Waals surface area contributed by atoms with Crippen molar-refractivity contribution >= 4 is 17.4 Å². The standard InChI is InChI=1S/C24H21FN2O5/c1-30-24(29)22-20(13-5-10-18-19(11-13)32-12-31-18)21-16(3-2-4-17(21)28)27(23(22)26)15-8-6-14(25)7-9-15/h5-11,20H,2-4,12,26H2,1H3/t20-/m1/s1. The van der Waals surface area contributed by atoms with Crippen molar-refractivity contribution < 1.29 is 28.2 Å². The van der Waals surface area contributed by atoms with E-state index >= 15 is 0 Å². The largest absolute Gasteiger partial charge is 0.466 e. The maximum absolute atomic E-state index is 13.6. The lowest BCUT2D eigenvalue weighted by Gasteiger charge is -2.40. The van der Waals surface area contributed by atoms with E-state index < -0.39 is 17.7 Å². The van der Waals surface area contributed by atoms with E-state index in [1.165, 1.54) is 19.2 Å². The summed E-state index contributed by atoms with van der Waals surface area (Å²) in [6, 6.07) is 11.1. The second kappa shape index (κ2) is 7.71. The van der Waals surface area contributed by atoms with Crippen LogP contribution in [-0.2, 0) is 14.3 Å². The van der Waals surface area contributed by atoms with Crippen LogP contribution in [0.1, 0.15) is 30.7 Å². The highest BCUT2D eigenvalue weighted by molar-refractivity contribution is 6.05. The third-order valence-corrected chi connectivity index (χ3v) is 6.01. The molecule has 2 aromatic rings. The molecular formula is C24H21FN2O5. The molecule has 0 aromatic heterocycles. The zero-order valence-corrected chi connectivity index (χ0v) is 17.4. The highest BCUT2D eigenvalue weighted by Crippen LogP contribution is 2.48. The zero-order valence-electron chi connectivity index (χ0n) is 17.4. The van der Waals surface area contributed by atoms with Crippen molar-refractivity contribution in [1.82, 2.24) is 0 Å². The fraction of sp³-hybridized carbons (Fsp3) is 0.250. The van der Waals surface area contributed by atoms with Crippen molar-refractivity contribution in [3.8, 4) is 11.5 Å². The molecule has 164 valence electrons. The Morgan fingerprint density at radius 3 is 2.62 bits per heavy atom. The Hall–Kier alpha value is -3.81. The number of ketones is 1. The van der Waals surface area contributed by atoms with Crippen LogP contribution >= 0.6 is 0 Å². The quantitative estimate of drug-likeness (QED) is 0.737. The number of anilines is 1. The normalized spacial score (nSPS) is 19.9. The summed E-state index contributed by atoms with van der Waals surface area (Å²) < 4.78 is 29.6. The van der Waals surface area contributed by atoms with Crippen molar-refractivity contribution in [3.05, 3.63) is 76.5 Å². The molecule has 0 spiro atoms. The summed E-state index contributed by atoms with van der Waals surface area (Å²) in [7, 11) is 1.27. The Kier molecular flexibility index (Phi) is 4.84. The minimum absolute atomic E-state index is 0.0602. The Balaban J connectivity index is 1.75. The monoisotopic (exact) mass is 436 g/mol. The third kappa shape index (κ3) is 3.10. The molecule has 3 aliphatic rings. The van der Waals surface area contributed by atoms with Gasteiger partial charge in [0.1, 0.15) is 11.6 Å². The summed E-state index contributed by atoms with van der Waals surface area (Å²) >= 11 is 0. The molecule has 2 aromatic carbocycles. The number of esters is 1. The molecule has 8 heteroatoms. The van der Waals surface area contributed by atoms with Gasteiger partial charge in [-0.05, 0) is 54.8 Å². The van der Waals surface area contributed by atoms with Crippen LogP contribution in [0.5, 0.6) is 11.5 Å². The van der Waals surface area contributed by atoms with E-state index in [1.807, 2.05) is 0 Å². The lowest BCUT2D eigenvalue weighted by molar-refractivity contribution is -0.136. The van der Waals surface area contributed by atoms with Crippen molar-refractivity contribution in [2.75, 3.05) is 18.8 Å². The molecule has 2 N–H and O–H groups in total. The predicted octanol–water partition coefficient (Wildman–Crippen LogP) is 3.51. The predicted molar refractivity (Wildman–Crippen MR) is 113 cm³/mol. The number of hydrogen-bond acceptors (Lipinski definition) is 7. The van der Waals surface area contributed by atoms with Gasteiger partial charge in [-0.3, -0.25) is 9.69 Å². The second-order valence-electron chi connectivity index (χ2n) is 7.79. The number of ether oxygens (including phenoxy) is 3. The minimum atomic E-state index is -0.712. The van der Waals surface area contributed by atoms with Gasteiger partial charge in [-0.25, -0.2) is 9.18 Å². The fourth-order valence-corrected chi connectivity index (χ4v) is 4.61. The summed E-state index contributed by atoms with van der Waals surface area (Å²) in [6.07, 6.45) is 1.62. The number of fused-ring (bicyclic) bond motifs is 1. The van der Waals surface area contributed by atoms with Crippen molar-refractivity contribution in [2.24, 2.45) is 5.73 Å². The van der Waals surface area contributed by atoms with Gasteiger partial charge in [0.15, 0.2) is 17.3 Å². The molecule has 0 amide bonds. The molecule has 32 heavy (non-hydrogen) atoms. The molecule has 1 atom stereocenters. The Morgan fingerprint density at radius 1 is 1.12 bits per heavy atom. The first-order chi connectivity index (χ1) is 15.5. The summed E-state index contributed by atoms with van der Waals surface area (Å²) in [6.45, 7) is 0.108. The van der Waals surface area contributed by atoms with Crippen LogP contribution in [0.25, 0.3) is 0 Å². The highest BCUT2D eigenvalue weighted by Gasteiger charge is 2.43. The first-order valence-corrected chi connectivity index (χ1v) is 10.3. The van der Waals surface area contributed by atoms with Gasteiger partial charge in [0.05, 0.1) is 18.6 Å². The van der Waals surface area contributed by atoms with E-state index in [-0.39, 0.29) is 24.0 Å². The smallest absolute Gasteiger partial charge is 0.338 e. The number of methoxy groups -OCH3 is 1. The topological polar surface area (TPSA) is 91.1 Å². The van der Waals surface area contributed by atoms with Crippen LogP contribution in [0.4, 0.5) is 10.1 Å². The third-order valence-electron chi connectivity index (χ3n) is 6.01. The number of hydrogen-bond donors (Lipinski definition) is 1. The van der Waals surface area contributed by atoms with E-state index in [0.717, 1.165) is 0 Å². The van der Waals surface area contributed by atoms with E-state index in [9.17, 15) is 14.0 Å². The van der Waals surface area contributed by atoms with Crippen molar-refractivity contribution in [3.63, 3.8) is 0 Å². The van der Waals surface area contributed by atoms with Gasteiger partial charge >= 0.3 is 5.97 Å². The van der Waals surface area contributed by atoms with Gasteiger partial charge in [-0.1, -0.05) is 6.07 Å². The van der Waals surface area contributed by atoms with Crippen LogP contribution in [0.15, 0.2) is 65.1 Å². The van der Waals surface area contributed by atoms with Crippen molar-refractivity contribution in [2.45, 2.75) is 25.2 Å². The van der Waals surface area contributed by atoms with Gasteiger partial charge in [-0.15, -0.1) is 0 Å². The lowest BCUT2D eigenvalue weighted by Crippen LogP contribution is -2.40. The summed E-state index contributed by atoms with van der Waals surface area (Å²) in [4.78, 5) is 27.9. The molecule has 0 fully saturated rings. The number of rotatable bonds is 3.